The number of ether oxygens (including phenoxy) is 1. The van der Waals surface area contributed by atoms with Crippen molar-refractivity contribution in [1.82, 2.24) is 15.1 Å². The Balaban J connectivity index is 1.29. The molecule has 1 aliphatic carbocycles. The third kappa shape index (κ3) is 4.84. The van der Waals surface area contributed by atoms with Crippen molar-refractivity contribution in [3.63, 3.8) is 0 Å². The van der Waals surface area contributed by atoms with E-state index in [9.17, 15) is 17.6 Å². The molecule has 9 heteroatoms. The number of nitrogens with one attached hydrogen (secondary N) is 1. The summed E-state index contributed by atoms with van der Waals surface area (Å²) in [5.41, 5.74) is 0.0929. The van der Waals surface area contributed by atoms with Gasteiger partial charge in [-0.15, -0.1) is 10.2 Å². The van der Waals surface area contributed by atoms with E-state index in [1.54, 1.807) is 6.92 Å². The topological polar surface area (TPSA) is 50.3 Å². The number of likely N-dealkylation sites (tertiary alicyclic amines) is 1. The van der Waals surface area contributed by atoms with Crippen LogP contribution in [0.15, 0.2) is 24.3 Å². The summed E-state index contributed by atoms with van der Waals surface area (Å²) in [5.74, 6) is 0.802. The molecule has 3 aliphatic rings. The summed E-state index contributed by atoms with van der Waals surface area (Å²) in [7, 11) is 0. The normalized spacial score (nSPS) is 27.8. The van der Waals surface area contributed by atoms with E-state index in [4.69, 9.17) is 4.74 Å². The van der Waals surface area contributed by atoms with Crippen molar-refractivity contribution in [2.24, 2.45) is 17.8 Å². The molecule has 2 saturated heterocycles. The maximum absolute atomic E-state index is 13.9. The molecule has 178 valence electrons. The quantitative estimate of drug-likeness (QED) is 0.647. The zero-order chi connectivity index (χ0) is 23.2. The molecule has 0 unspecified atom stereocenters. The van der Waals surface area contributed by atoms with E-state index < -0.39 is 17.6 Å². The first-order valence-electron chi connectivity index (χ1n) is 11.5. The van der Waals surface area contributed by atoms with E-state index in [1.807, 2.05) is 0 Å². The van der Waals surface area contributed by atoms with Gasteiger partial charge in [0, 0.05) is 37.8 Å². The van der Waals surface area contributed by atoms with Crippen molar-refractivity contribution < 1.29 is 22.3 Å². The fraction of sp³-hybridized carbons (Fsp3) is 0.583. The summed E-state index contributed by atoms with van der Waals surface area (Å²) in [4.78, 5) is 2.49. The molecule has 1 aromatic heterocycles. The molecule has 0 radical (unpaired) electrons. The first-order chi connectivity index (χ1) is 15.8. The van der Waals surface area contributed by atoms with Crippen LogP contribution < -0.4 is 5.32 Å². The molecule has 0 amide bonds. The predicted molar refractivity (Wildman–Crippen MR) is 116 cm³/mol. The van der Waals surface area contributed by atoms with Crippen LogP contribution in [-0.4, -0.2) is 54.0 Å². The third-order valence-corrected chi connectivity index (χ3v) is 7.28. The fourth-order valence-electron chi connectivity index (χ4n) is 5.67. The molecule has 3 fully saturated rings. The minimum absolute atomic E-state index is 0.0136. The summed E-state index contributed by atoms with van der Waals surface area (Å²) in [5, 5.41) is 10.9. The minimum Gasteiger partial charge on any atom is -0.381 e. The number of nitrogens with zero attached hydrogens (tertiary/aromatic N) is 3. The Hall–Kier alpha value is -2.26. The van der Waals surface area contributed by atoms with Crippen molar-refractivity contribution in [2.75, 3.05) is 38.2 Å². The smallest absolute Gasteiger partial charge is 0.381 e. The summed E-state index contributed by atoms with van der Waals surface area (Å²) in [6, 6.07) is 4.89. The highest BCUT2D eigenvalue weighted by molar-refractivity contribution is 5.65. The van der Waals surface area contributed by atoms with Gasteiger partial charge in [0.1, 0.15) is 11.4 Å². The molecule has 4 atom stereocenters. The molecule has 5 rings (SSSR count). The lowest BCUT2D eigenvalue weighted by molar-refractivity contribution is -0.137. The fourth-order valence-corrected chi connectivity index (χ4v) is 5.67. The number of fused-ring (bicyclic) bond motifs is 1. The van der Waals surface area contributed by atoms with Gasteiger partial charge in [-0.05, 0) is 67.7 Å². The number of alkyl halides is 3. The maximum atomic E-state index is 13.9. The SMILES string of the molecule is Cc1ccc(F)cc1-c1cc(C(F)(F)F)c(N[C@H]2C[C@@H]3CN(C[C@H]4CCOC4)C[C@@H]3C2)nn1. The van der Waals surface area contributed by atoms with Gasteiger partial charge in [-0.25, -0.2) is 4.39 Å². The number of anilines is 1. The first kappa shape index (κ1) is 22.5. The monoisotopic (exact) mass is 464 g/mol. The maximum Gasteiger partial charge on any atom is 0.420 e. The number of aromatic nitrogens is 2. The molecule has 1 N–H and O–H groups in total. The van der Waals surface area contributed by atoms with Gasteiger partial charge < -0.3 is 15.0 Å². The second-order valence-electron chi connectivity index (χ2n) is 9.73. The van der Waals surface area contributed by atoms with Gasteiger partial charge in [0.25, 0.3) is 0 Å². The number of benzene rings is 1. The lowest BCUT2D eigenvalue weighted by Gasteiger charge is -2.23. The van der Waals surface area contributed by atoms with Gasteiger partial charge in [0.05, 0.1) is 12.3 Å². The van der Waals surface area contributed by atoms with E-state index in [0.717, 1.165) is 58.2 Å². The van der Waals surface area contributed by atoms with E-state index in [0.29, 0.717) is 28.9 Å². The van der Waals surface area contributed by atoms with Crippen molar-refractivity contribution >= 4 is 5.82 Å². The Morgan fingerprint density at radius 2 is 1.88 bits per heavy atom. The van der Waals surface area contributed by atoms with Crippen molar-refractivity contribution in [3.8, 4) is 11.3 Å². The van der Waals surface area contributed by atoms with Crippen LogP contribution in [-0.2, 0) is 10.9 Å². The molecule has 0 spiro atoms. The van der Waals surface area contributed by atoms with Gasteiger partial charge in [0.2, 0.25) is 0 Å². The van der Waals surface area contributed by atoms with Crippen LogP contribution >= 0.6 is 0 Å². The van der Waals surface area contributed by atoms with Gasteiger partial charge >= 0.3 is 6.18 Å². The number of aryl methyl sites for hydroxylation is 1. The Morgan fingerprint density at radius 1 is 1.12 bits per heavy atom. The van der Waals surface area contributed by atoms with Gasteiger partial charge in [-0.1, -0.05) is 6.07 Å². The summed E-state index contributed by atoms with van der Waals surface area (Å²) < 4.78 is 60.8. The Morgan fingerprint density at radius 3 is 2.55 bits per heavy atom. The molecule has 3 heterocycles. The molecule has 5 nitrogen and oxygen atoms in total. The minimum atomic E-state index is -4.59. The van der Waals surface area contributed by atoms with E-state index in [1.165, 1.54) is 18.2 Å². The standard InChI is InChI=1S/C24H28F4N4O/c1-14-2-3-18(25)8-20(14)22-9-21(24(26,27)28)23(31-30-22)29-19-6-16-11-32(12-17(16)7-19)10-15-4-5-33-13-15/h2-3,8-9,15-17,19H,4-7,10-13H2,1H3,(H,29,31)/t15-,16-,17+,19+/m1/s1. The molecular formula is C24H28F4N4O. The first-order valence-corrected chi connectivity index (χ1v) is 11.5. The van der Waals surface area contributed by atoms with Crippen molar-refractivity contribution in [2.45, 2.75) is 38.4 Å². The lowest BCUT2D eigenvalue weighted by Crippen LogP contribution is -2.30. The third-order valence-electron chi connectivity index (χ3n) is 7.28. The molecule has 2 aromatic rings. The lowest BCUT2D eigenvalue weighted by atomic mass is 10.0. The second kappa shape index (κ2) is 8.83. The van der Waals surface area contributed by atoms with E-state index >= 15 is 0 Å². The Kier molecular flexibility index (Phi) is 6.03. The van der Waals surface area contributed by atoms with Gasteiger partial charge in [0.15, 0.2) is 5.82 Å². The zero-order valence-corrected chi connectivity index (χ0v) is 18.5. The molecule has 1 saturated carbocycles. The van der Waals surface area contributed by atoms with Crippen molar-refractivity contribution in [1.29, 1.82) is 0 Å². The number of hydrogen-bond acceptors (Lipinski definition) is 5. The largest absolute Gasteiger partial charge is 0.420 e. The van der Waals surface area contributed by atoms with Crippen LogP contribution in [0.1, 0.15) is 30.4 Å². The van der Waals surface area contributed by atoms with Crippen LogP contribution in [0.5, 0.6) is 0 Å². The number of halogens is 4. The van der Waals surface area contributed by atoms with Gasteiger partial charge in [-0.2, -0.15) is 13.2 Å². The molecule has 33 heavy (non-hydrogen) atoms. The zero-order valence-electron chi connectivity index (χ0n) is 18.5. The molecule has 2 aliphatic heterocycles. The molecule has 0 bridgehead atoms. The van der Waals surface area contributed by atoms with Gasteiger partial charge in [-0.3, -0.25) is 0 Å². The highest BCUT2D eigenvalue weighted by atomic mass is 19.4. The van der Waals surface area contributed by atoms with Crippen LogP contribution in [0, 0.1) is 30.5 Å². The number of rotatable bonds is 5. The molecular weight excluding hydrogens is 436 g/mol. The van der Waals surface area contributed by atoms with Crippen LogP contribution in [0.2, 0.25) is 0 Å². The average molecular weight is 465 g/mol. The average Bonchev–Trinajstić information content (AvgIpc) is 3.47. The second-order valence-corrected chi connectivity index (χ2v) is 9.73. The van der Waals surface area contributed by atoms with E-state index in [2.05, 4.69) is 20.4 Å². The highest BCUT2D eigenvalue weighted by Crippen LogP contribution is 2.42. The molecule has 1 aromatic carbocycles. The van der Waals surface area contributed by atoms with Crippen LogP contribution in [0.3, 0.4) is 0 Å². The van der Waals surface area contributed by atoms with Crippen molar-refractivity contribution in [3.05, 3.63) is 41.2 Å². The van der Waals surface area contributed by atoms with Crippen LogP contribution in [0.25, 0.3) is 11.3 Å². The highest BCUT2D eigenvalue weighted by Gasteiger charge is 2.43. The Bertz CT molecular complexity index is 994. The van der Waals surface area contributed by atoms with E-state index in [-0.39, 0.29) is 17.6 Å². The Labute approximate surface area is 190 Å². The summed E-state index contributed by atoms with van der Waals surface area (Å²) in [6.07, 6.45) is -1.83. The number of hydrogen-bond donors (Lipinski definition) is 1. The summed E-state index contributed by atoms with van der Waals surface area (Å²) >= 11 is 0. The predicted octanol–water partition coefficient (Wildman–Crippen LogP) is 4.77. The summed E-state index contributed by atoms with van der Waals surface area (Å²) in [6.45, 7) is 6.42. The van der Waals surface area contributed by atoms with Crippen LogP contribution in [0.4, 0.5) is 23.4 Å².